The molecule has 1 amide bonds. The molecule has 10 heteroatoms. The van der Waals surface area contributed by atoms with Crippen molar-refractivity contribution in [2.75, 3.05) is 24.3 Å². The van der Waals surface area contributed by atoms with Crippen LogP contribution in [0.15, 0.2) is 53.9 Å². The zero-order valence-corrected chi connectivity index (χ0v) is 20.7. The molecule has 0 bridgehead atoms. The number of anilines is 2. The van der Waals surface area contributed by atoms with Gasteiger partial charge in [-0.2, -0.15) is 12.6 Å². The number of benzene rings is 2. The maximum absolute atomic E-state index is 13.4. The number of thiol groups is 1. The second kappa shape index (κ2) is 14.3. The molecule has 7 nitrogen and oxygen atoms in total. The summed E-state index contributed by atoms with van der Waals surface area (Å²) in [5.74, 6) is -1.56. The topological polar surface area (TPSA) is 117 Å². The Morgan fingerprint density at radius 3 is 2.29 bits per heavy atom. The Bertz CT molecular complexity index is 987. The summed E-state index contributed by atoms with van der Waals surface area (Å²) >= 11 is 4.10. The molecule has 0 radical (unpaired) electrons. The van der Waals surface area contributed by atoms with Gasteiger partial charge < -0.3 is 31.8 Å². The molecule has 1 saturated carbocycles. The lowest BCUT2D eigenvalue weighted by Crippen LogP contribution is -2.34. The molecule has 2 aromatic carbocycles. The van der Waals surface area contributed by atoms with Crippen LogP contribution in [0.4, 0.5) is 20.2 Å². The first-order valence-electron chi connectivity index (χ1n) is 11.4. The number of amides is 1. The van der Waals surface area contributed by atoms with Crippen LogP contribution in [0, 0.1) is 17.0 Å². The number of ether oxygens (including phenoxy) is 1. The van der Waals surface area contributed by atoms with Crippen LogP contribution in [0.5, 0.6) is 0 Å². The van der Waals surface area contributed by atoms with Gasteiger partial charge in [-0.3, -0.25) is 4.79 Å². The number of nitrogens with two attached hydrogens (primary N) is 2. The lowest BCUT2D eigenvalue weighted by Gasteiger charge is -2.25. The molecule has 3 rings (SSSR count). The summed E-state index contributed by atoms with van der Waals surface area (Å²) in [4.78, 5) is 14.4. The lowest BCUT2D eigenvalue weighted by atomic mass is 10.2. The number of nitrogens with one attached hydrogen (secondary N) is 2. The van der Waals surface area contributed by atoms with Crippen molar-refractivity contribution in [2.24, 2.45) is 5.73 Å². The zero-order valence-electron chi connectivity index (χ0n) is 19.8. The van der Waals surface area contributed by atoms with Gasteiger partial charge in [0.25, 0.3) is 5.91 Å². The smallest absolute Gasteiger partial charge is 0.293 e. The number of carbonyl (C=O) groups is 1. The molecule has 35 heavy (non-hydrogen) atoms. The molecule has 1 fully saturated rings. The number of hydrogen-bond donors (Lipinski definition) is 5. The van der Waals surface area contributed by atoms with Gasteiger partial charge in [0.2, 0.25) is 5.76 Å². The SMILES string of the molecule is CCN(CN)/C(C=N)=C(\OC1CCCC1)C(=O)Nc1cc(F)cc(F)c1.Nc1ccc(CS)cc1. The molecule has 0 heterocycles. The highest BCUT2D eigenvalue weighted by Crippen LogP contribution is 2.26. The quantitative estimate of drug-likeness (QED) is 0.0849. The molecule has 0 unspecified atom stereocenters. The molecule has 0 saturated heterocycles. The van der Waals surface area contributed by atoms with Crippen molar-refractivity contribution in [3.63, 3.8) is 0 Å². The van der Waals surface area contributed by atoms with E-state index < -0.39 is 17.5 Å². The molecule has 2 aromatic rings. The highest BCUT2D eigenvalue weighted by atomic mass is 32.1. The van der Waals surface area contributed by atoms with Crippen molar-refractivity contribution >= 4 is 36.1 Å². The van der Waals surface area contributed by atoms with E-state index in [1.165, 1.54) is 5.56 Å². The van der Waals surface area contributed by atoms with E-state index in [2.05, 4.69) is 17.9 Å². The van der Waals surface area contributed by atoms with Gasteiger partial charge in [-0.1, -0.05) is 12.1 Å². The van der Waals surface area contributed by atoms with Crippen molar-refractivity contribution in [1.29, 1.82) is 5.41 Å². The molecule has 1 aliphatic carbocycles. The fraction of sp³-hybridized carbons (Fsp3) is 0.360. The Morgan fingerprint density at radius 1 is 1.20 bits per heavy atom. The molecule has 1 aliphatic rings. The summed E-state index contributed by atoms with van der Waals surface area (Å²) < 4.78 is 32.6. The minimum absolute atomic E-state index is 0.0276. The third-order valence-corrected chi connectivity index (χ3v) is 5.75. The van der Waals surface area contributed by atoms with Crippen LogP contribution in [0.3, 0.4) is 0 Å². The Hall–Kier alpha value is -3.11. The first-order valence-corrected chi connectivity index (χ1v) is 12.0. The fourth-order valence-electron chi connectivity index (χ4n) is 3.54. The molecule has 0 aromatic heterocycles. The van der Waals surface area contributed by atoms with Crippen molar-refractivity contribution in [3.05, 3.63) is 71.1 Å². The molecular weight excluding hydrogens is 472 g/mol. The molecule has 6 N–H and O–H groups in total. The standard InChI is InChI=1S/C18H24F2N4O2.C7H9NS/c1-2-24(11-22)16(10-21)17(26-15-5-3-4-6-15)18(25)23-14-8-12(19)7-13(20)9-14;8-7-3-1-6(5-9)2-4-7/h7-10,15,21H,2-6,11,22H2,1H3,(H,23,25);1-4,9H,5,8H2/b17-16-,21-10?;. The minimum atomic E-state index is -0.799. The van der Waals surface area contributed by atoms with E-state index in [-0.39, 0.29) is 29.9 Å². The highest BCUT2D eigenvalue weighted by molar-refractivity contribution is 7.79. The number of rotatable bonds is 9. The second-order valence-corrected chi connectivity index (χ2v) is 8.25. The molecule has 0 spiro atoms. The van der Waals surface area contributed by atoms with Gasteiger partial charge in [-0.25, -0.2) is 8.78 Å². The van der Waals surface area contributed by atoms with E-state index >= 15 is 0 Å². The van der Waals surface area contributed by atoms with Gasteiger partial charge in [-0.05, 0) is 62.4 Å². The zero-order chi connectivity index (χ0) is 25.8. The number of allylic oxidation sites excluding steroid dienone is 1. The number of hydrogen-bond acceptors (Lipinski definition) is 7. The summed E-state index contributed by atoms with van der Waals surface area (Å²) in [6.45, 7) is 2.41. The van der Waals surface area contributed by atoms with E-state index in [4.69, 9.17) is 21.6 Å². The van der Waals surface area contributed by atoms with Gasteiger partial charge in [-0.15, -0.1) is 0 Å². The number of nitrogen functional groups attached to an aromatic ring is 1. The summed E-state index contributed by atoms with van der Waals surface area (Å²) in [6, 6.07) is 10.5. The summed E-state index contributed by atoms with van der Waals surface area (Å²) in [6.07, 6.45) is 4.50. The van der Waals surface area contributed by atoms with Gasteiger partial charge in [0.1, 0.15) is 17.3 Å². The second-order valence-electron chi connectivity index (χ2n) is 7.93. The monoisotopic (exact) mass is 505 g/mol. The van der Waals surface area contributed by atoms with Crippen molar-refractivity contribution in [1.82, 2.24) is 4.90 Å². The van der Waals surface area contributed by atoms with E-state index in [0.29, 0.717) is 6.54 Å². The lowest BCUT2D eigenvalue weighted by molar-refractivity contribution is -0.117. The van der Waals surface area contributed by atoms with Crippen LogP contribution in [-0.2, 0) is 15.3 Å². The predicted octanol–water partition coefficient (Wildman–Crippen LogP) is 4.66. The van der Waals surface area contributed by atoms with Crippen LogP contribution in [0.2, 0.25) is 0 Å². The van der Waals surface area contributed by atoms with Gasteiger partial charge >= 0.3 is 0 Å². The molecule has 190 valence electrons. The maximum Gasteiger partial charge on any atom is 0.293 e. The molecular formula is C25H33F2N5O2S. The van der Waals surface area contributed by atoms with Crippen molar-refractivity contribution < 1.29 is 18.3 Å². The maximum atomic E-state index is 13.4. The first kappa shape index (κ1) is 28.1. The largest absolute Gasteiger partial charge is 0.483 e. The fourth-order valence-corrected chi connectivity index (χ4v) is 3.75. The van der Waals surface area contributed by atoms with Crippen LogP contribution < -0.4 is 16.8 Å². The number of halogens is 2. The van der Waals surface area contributed by atoms with Gasteiger partial charge in [0.05, 0.1) is 12.8 Å². The van der Waals surface area contributed by atoms with Crippen LogP contribution in [0.1, 0.15) is 38.2 Å². The van der Waals surface area contributed by atoms with E-state index in [1.54, 1.807) is 4.90 Å². The van der Waals surface area contributed by atoms with Crippen LogP contribution in [-0.4, -0.2) is 36.3 Å². The predicted molar refractivity (Wildman–Crippen MR) is 139 cm³/mol. The van der Waals surface area contributed by atoms with E-state index in [1.807, 2.05) is 31.2 Å². The molecule has 0 aliphatic heterocycles. The van der Waals surface area contributed by atoms with Gasteiger partial charge in [0, 0.05) is 36.0 Å². The van der Waals surface area contributed by atoms with Gasteiger partial charge in [0.15, 0.2) is 0 Å². The minimum Gasteiger partial charge on any atom is -0.483 e. The first-order chi connectivity index (χ1) is 16.8. The Morgan fingerprint density at radius 2 is 1.80 bits per heavy atom. The van der Waals surface area contributed by atoms with Crippen molar-refractivity contribution in [3.8, 4) is 0 Å². The van der Waals surface area contributed by atoms with Crippen LogP contribution >= 0.6 is 12.6 Å². The van der Waals surface area contributed by atoms with E-state index in [0.717, 1.165) is 61.5 Å². The van der Waals surface area contributed by atoms with Crippen LogP contribution in [0.25, 0.3) is 0 Å². The molecule has 0 atom stereocenters. The summed E-state index contributed by atoms with van der Waals surface area (Å²) in [5.41, 5.74) is 13.4. The highest BCUT2D eigenvalue weighted by Gasteiger charge is 2.26. The Labute approximate surface area is 210 Å². The summed E-state index contributed by atoms with van der Waals surface area (Å²) in [5, 5.41) is 10.1. The summed E-state index contributed by atoms with van der Waals surface area (Å²) in [7, 11) is 0. The third kappa shape index (κ3) is 8.88. The third-order valence-electron chi connectivity index (χ3n) is 5.39. The van der Waals surface area contributed by atoms with E-state index in [9.17, 15) is 13.6 Å². The Balaban J connectivity index is 0.000000402. The average molecular weight is 506 g/mol. The Kier molecular flexibility index (Phi) is 11.5. The number of carbonyl (C=O) groups excluding carboxylic acids is 1. The normalized spacial score (nSPS) is 13.9. The van der Waals surface area contributed by atoms with Crippen molar-refractivity contribution in [2.45, 2.75) is 44.5 Å². The number of nitrogens with zero attached hydrogens (tertiary/aromatic N) is 1. The average Bonchev–Trinajstić information content (AvgIpc) is 3.35.